The van der Waals surface area contributed by atoms with Crippen molar-refractivity contribution >= 4 is 17.6 Å². The second-order valence-corrected chi connectivity index (χ2v) is 3.04. The van der Waals surface area contributed by atoms with Gasteiger partial charge in [0.15, 0.2) is 0 Å². The van der Waals surface area contributed by atoms with Crippen molar-refractivity contribution < 1.29 is 14.8 Å². The summed E-state index contributed by atoms with van der Waals surface area (Å²) in [4.78, 5) is 21.9. The summed E-state index contributed by atoms with van der Waals surface area (Å²) in [5.74, 6) is -0.597. The van der Waals surface area contributed by atoms with E-state index in [0.29, 0.717) is 6.54 Å². The number of hydrogen-bond donors (Lipinski definition) is 4. The quantitative estimate of drug-likeness (QED) is 0.185. The van der Waals surface area contributed by atoms with Gasteiger partial charge in [-0.3, -0.25) is 9.59 Å². The zero-order valence-electron chi connectivity index (χ0n) is 7.49. The Morgan fingerprint density at radius 2 is 2.50 bits per heavy atom. The van der Waals surface area contributed by atoms with Crippen LogP contribution < -0.4 is 16.4 Å². The van der Waals surface area contributed by atoms with Gasteiger partial charge in [0, 0.05) is 13.0 Å². The smallest absolute Gasteiger partial charge is 0.227 e. The molecule has 7 nitrogen and oxygen atoms in total. The molecule has 1 atom stereocenters. The molecule has 1 aliphatic heterocycles. The predicted octanol–water partition coefficient (Wildman–Crippen LogP) is -1.87. The molecule has 78 valence electrons. The molecule has 0 aliphatic carbocycles. The van der Waals surface area contributed by atoms with E-state index in [9.17, 15) is 9.59 Å². The number of nitrogens with zero attached hydrogens (tertiary/aromatic N) is 1. The normalized spacial score (nSPS) is 21.9. The molecule has 0 radical (unpaired) electrons. The van der Waals surface area contributed by atoms with Gasteiger partial charge >= 0.3 is 0 Å². The van der Waals surface area contributed by atoms with Gasteiger partial charge in [0.25, 0.3) is 0 Å². The maximum absolute atomic E-state index is 11.2. The number of rotatable bonds is 3. The average molecular weight is 200 g/mol. The van der Waals surface area contributed by atoms with Crippen molar-refractivity contribution in [1.82, 2.24) is 10.6 Å². The Hall–Kier alpha value is -1.79. The van der Waals surface area contributed by atoms with Crippen molar-refractivity contribution in [3.8, 4) is 0 Å². The highest BCUT2D eigenvalue weighted by Crippen LogP contribution is 1.99. The van der Waals surface area contributed by atoms with Gasteiger partial charge in [0.1, 0.15) is 5.84 Å². The minimum Gasteiger partial charge on any atom is -0.409 e. The first-order chi connectivity index (χ1) is 6.61. The van der Waals surface area contributed by atoms with Gasteiger partial charge in [-0.15, -0.1) is 0 Å². The van der Waals surface area contributed by atoms with Crippen LogP contribution in [0.2, 0.25) is 0 Å². The zero-order valence-corrected chi connectivity index (χ0v) is 7.49. The Labute approximate surface area is 80.3 Å². The summed E-state index contributed by atoms with van der Waals surface area (Å²) in [5, 5.41) is 16.0. The van der Waals surface area contributed by atoms with Crippen LogP contribution >= 0.6 is 0 Å². The minimum atomic E-state index is -0.359. The van der Waals surface area contributed by atoms with Crippen LogP contribution in [0.25, 0.3) is 0 Å². The Kier molecular flexibility index (Phi) is 3.27. The molecule has 0 aromatic heterocycles. The Morgan fingerprint density at radius 1 is 1.79 bits per heavy atom. The summed E-state index contributed by atoms with van der Waals surface area (Å²) >= 11 is 0. The van der Waals surface area contributed by atoms with E-state index in [2.05, 4.69) is 15.8 Å². The second-order valence-electron chi connectivity index (χ2n) is 3.04. The van der Waals surface area contributed by atoms with Crippen molar-refractivity contribution in [1.29, 1.82) is 0 Å². The molecule has 1 rings (SSSR count). The highest BCUT2D eigenvalue weighted by atomic mass is 16.4. The molecule has 0 spiro atoms. The topological polar surface area (TPSA) is 117 Å². The van der Waals surface area contributed by atoms with E-state index in [1.54, 1.807) is 0 Å². The summed E-state index contributed by atoms with van der Waals surface area (Å²) < 4.78 is 0. The average Bonchev–Trinajstić information content (AvgIpc) is 2.50. The summed E-state index contributed by atoms with van der Waals surface area (Å²) in [6, 6.07) is -0.193. The largest absolute Gasteiger partial charge is 0.409 e. The molecule has 1 unspecified atom stereocenters. The molecule has 0 aromatic carbocycles. The third-order valence-electron chi connectivity index (χ3n) is 1.81. The van der Waals surface area contributed by atoms with Gasteiger partial charge in [0.05, 0.1) is 12.5 Å². The molecule has 0 aromatic rings. The Bertz CT molecular complexity index is 276. The first-order valence-corrected chi connectivity index (χ1v) is 4.14. The molecule has 0 saturated carbocycles. The molecule has 1 heterocycles. The van der Waals surface area contributed by atoms with Crippen molar-refractivity contribution in [2.24, 2.45) is 10.9 Å². The molecule has 5 N–H and O–H groups in total. The van der Waals surface area contributed by atoms with Crippen molar-refractivity contribution in [3.05, 3.63) is 0 Å². The third kappa shape index (κ3) is 2.92. The van der Waals surface area contributed by atoms with Gasteiger partial charge in [-0.1, -0.05) is 5.16 Å². The number of hydrogen-bond acceptors (Lipinski definition) is 4. The number of amidine groups is 1. The summed E-state index contributed by atoms with van der Waals surface area (Å²) in [7, 11) is 0. The molecule has 1 aliphatic rings. The zero-order chi connectivity index (χ0) is 10.6. The van der Waals surface area contributed by atoms with Crippen LogP contribution in [0.15, 0.2) is 5.16 Å². The molecular formula is C7H12N4O3. The van der Waals surface area contributed by atoms with Gasteiger partial charge in [0.2, 0.25) is 11.8 Å². The van der Waals surface area contributed by atoms with Crippen LogP contribution in [0, 0.1) is 0 Å². The second kappa shape index (κ2) is 4.45. The molecule has 1 saturated heterocycles. The third-order valence-corrected chi connectivity index (χ3v) is 1.81. The van der Waals surface area contributed by atoms with Gasteiger partial charge in [-0.25, -0.2) is 0 Å². The monoisotopic (exact) mass is 200 g/mol. The number of amides is 2. The first kappa shape index (κ1) is 10.3. The summed E-state index contributed by atoms with van der Waals surface area (Å²) in [6.45, 7) is 0.431. The predicted molar refractivity (Wildman–Crippen MR) is 47.6 cm³/mol. The van der Waals surface area contributed by atoms with E-state index in [-0.39, 0.29) is 36.5 Å². The van der Waals surface area contributed by atoms with E-state index >= 15 is 0 Å². The van der Waals surface area contributed by atoms with Crippen molar-refractivity contribution in [2.75, 3.05) is 6.54 Å². The van der Waals surface area contributed by atoms with Crippen LogP contribution in [0.3, 0.4) is 0 Å². The van der Waals surface area contributed by atoms with Gasteiger partial charge in [-0.05, 0) is 0 Å². The van der Waals surface area contributed by atoms with E-state index in [1.165, 1.54) is 0 Å². The summed E-state index contributed by atoms with van der Waals surface area (Å²) in [5.41, 5.74) is 5.13. The lowest BCUT2D eigenvalue weighted by Crippen LogP contribution is -2.38. The van der Waals surface area contributed by atoms with Crippen LogP contribution in [-0.4, -0.2) is 35.4 Å². The van der Waals surface area contributed by atoms with Crippen molar-refractivity contribution in [3.63, 3.8) is 0 Å². The lowest BCUT2D eigenvalue weighted by Gasteiger charge is -2.09. The maximum atomic E-state index is 11.2. The molecule has 1 fully saturated rings. The maximum Gasteiger partial charge on any atom is 0.227 e. The Balaban J connectivity index is 2.30. The lowest BCUT2D eigenvalue weighted by atomic mass is 10.2. The minimum absolute atomic E-state index is 0.0842. The van der Waals surface area contributed by atoms with Crippen molar-refractivity contribution in [2.45, 2.75) is 18.9 Å². The fraction of sp³-hybridized carbons (Fsp3) is 0.571. The van der Waals surface area contributed by atoms with Gasteiger partial charge < -0.3 is 21.6 Å². The van der Waals surface area contributed by atoms with Crippen LogP contribution in [0.4, 0.5) is 0 Å². The number of carbonyl (C=O) groups excluding carboxylic acids is 2. The summed E-state index contributed by atoms with van der Waals surface area (Å²) in [6.07, 6.45) is 0.114. The van der Waals surface area contributed by atoms with Crippen LogP contribution in [0.5, 0.6) is 0 Å². The highest BCUT2D eigenvalue weighted by molar-refractivity contribution is 5.99. The van der Waals surface area contributed by atoms with Crippen LogP contribution in [0.1, 0.15) is 12.8 Å². The number of carbonyl (C=O) groups is 2. The van der Waals surface area contributed by atoms with Gasteiger partial charge in [-0.2, -0.15) is 0 Å². The SMILES string of the molecule is NC(CC(=O)NC1CNC(=O)C1)=NO. The molecule has 2 amide bonds. The molecule has 14 heavy (non-hydrogen) atoms. The number of oxime groups is 1. The van der Waals surface area contributed by atoms with E-state index in [0.717, 1.165) is 0 Å². The van der Waals surface area contributed by atoms with E-state index in [1.807, 2.05) is 0 Å². The van der Waals surface area contributed by atoms with E-state index in [4.69, 9.17) is 10.9 Å². The number of nitrogens with two attached hydrogens (primary N) is 1. The van der Waals surface area contributed by atoms with E-state index < -0.39 is 0 Å². The lowest BCUT2D eigenvalue weighted by molar-refractivity contribution is -0.120. The number of nitrogens with one attached hydrogen (secondary N) is 2. The molecule has 7 heteroatoms. The first-order valence-electron chi connectivity index (χ1n) is 4.14. The van der Waals surface area contributed by atoms with Crippen LogP contribution in [-0.2, 0) is 9.59 Å². The molecular weight excluding hydrogens is 188 g/mol. The fourth-order valence-corrected chi connectivity index (χ4v) is 1.19. The standard InChI is InChI=1S/C7H12N4O3/c8-5(11-14)2-7(13)10-4-1-6(12)9-3-4/h4,14H,1-3H2,(H2,8,11)(H,9,12)(H,10,13). The molecule has 0 bridgehead atoms. The highest BCUT2D eigenvalue weighted by Gasteiger charge is 2.22. The Morgan fingerprint density at radius 3 is 3.00 bits per heavy atom. The fourth-order valence-electron chi connectivity index (χ4n) is 1.19.